The van der Waals surface area contributed by atoms with E-state index in [9.17, 15) is 4.79 Å². The Balaban J connectivity index is 2.09. The Hall–Kier alpha value is -1.95. The smallest absolute Gasteiger partial charge is 0.237 e. The standard InChI is InChI=1S/C15H22N2O4/c1-19-12-8-14(21-3)13(20-2)7-10(12)9-17-15(18)11-5-4-6-16-11/h7-8,11,16H,4-6,9H2,1-3H3,(H,17,18)/t11-/m0/s1. The third-order valence-corrected chi connectivity index (χ3v) is 3.62. The van der Waals surface area contributed by atoms with Crippen molar-refractivity contribution in [2.45, 2.75) is 25.4 Å². The lowest BCUT2D eigenvalue weighted by Gasteiger charge is -2.16. The summed E-state index contributed by atoms with van der Waals surface area (Å²) < 4.78 is 15.9. The summed E-state index contributed by atoms with van der Waals surface area (Å²) in [7, 11) is 4.74. The molecule has 0 aromatic heterocycles. The van der Waals surface area contributed by atoms with Crippen molar-refractivity contribution in [3.05, 3.63) is 17.7 Å². The van der Waals surface area contributed by atoms with Gasteiger partial charge in [0.25, 0.3) is 0 Å². The second kappa shape index (κ2) is 7.17. The van der Waals surface area contributed by atoms with Crippen LogP contribution in [0.2, 0.25) is 0 Å². The van der Waals surface area contributed by atoms with E-state index < -0.39 is 0 Å². The monoisotopic (exact) mass is 294 g/mol. The van der Waals surface area contributed by atoms with Gasteiger partial charge in [0.1, 0.15) is 5.75 Å². The average molecular weight is 294 g/mol. The number of nitrogens with one attached hydrogen (secondary N) is 2. The first-order valence-electron chi connectivity index (χ1n) is 6.99. The lowest BCUT2D eigenvalue weighted by Crippen LogP contribution is -2.40. The minimum absolute atomic E-state index is 0.0179. The van der Waals surface area contributed by atoms with Gasteiger partial charge in [0, 0.05) is 18.2 Å². The molecule has 1 saturated heterocycles. The van der Waals surface area contributed by atoms with Gasteiger partial charge in [0.2, 0.25) is 5.91 Å². The number of methoxy groups -OCH3 is 3. The van der Waals surface area contributed by atoms with Crippen LogP contribution in [0.25, 0.3) is 0 Å². The fraction of sp³-hybridized carbons (Fsp3) is 0.533. The third kappa shape index (κ3) is 3.58. The third-order valence-electron chi connectivity index (χ3n) is 3.62. The van der Waals surface area contributed by atoms with Gasteiger partial charge in [-0.25, -0.2) is 0 Å². The second-order valence-corrected chi connectivity index (χ2v) is 4.89. The molecule has 1 heterocycles. The van der Waals surface area contributed by atoms with Gasteiger partial charge < -0.3 is 24.8 Å². The Labute approximate surface area is 124 Å². The number of carbonyl (C=O) groups is 1. The first kappa shape index (κ1) is 15.4. The number of ether oxygens (including phenoxy) is 3. The van der Waals surface area contributed by atoms with E-state index in [2.05, 4.69) is 10.6 Å². The van der Waals surface area contributed by atoms with Gasteiger partial charge in [-0.05, 0) is 25.5 Å². The predicted molar refractivity (Wildman–Crippen MR) is 79.0 cm³/mol. The van der Waals surface area contributed by atoms with Crippen LogP contribution in [0.4, 0.5) is 0 Å². The Morgan fingerprint density at radius 2 is 1.86 bits per heavy atom. The van der Waals surface area contributed by atoms with Gasteiger partial charge in [-0.15, -0.1) is 0 Å². The highest BCUT2D eigenvalue weighted by Crippen LogP contribution is 2.34. The van der Waals surface area contributed by atoms with E-state index in [4.69, 9.17) is 14.2 Å². The van der Waals surface area contributed by atoms with Crippen molar-refractivity contribution in [3.63, 3.8) is 0 Å². The van der Waals surface area contributed by atoms with Crippen LogP contribution in [0.5, 0.6) is 17.2 Å². The van der Waals surface area contributed by atoms with Gasteiger partial charge in [-0.1, -0.05) is 0 Å². The van der Waals surface area contributed by atoms with E-state index in [0.717, 1.165) is 24.9 Å². The topological polar surface area (TPSA) is 68.8 Å². The van der Waals surface area contributed by atoms with Gasteiger partial charge >= 0.3 is 0 Å². The molecule has 6 heteroatoms. The number of hydrogen-bond donors (Lipinski definition) is 2. The zero-order valence-electron chi connectivity index (χ0n) is 12.7. The highest BCUT2D eigenvalue weighted by molar-refractivity contribution is 5.82. The quantitative estimate of drug-likeness (QED) is 0.822. The van der Waals surface area contributed by atoms with Crippen molar-refractivity contribution < 1.29 is 19.0 Å². The largest absolute Gasteiger partial charge is 0.496 e. The molecule has 1 aromatic carbocycles. The summed E-state index contributed by atoms with van der Waals surface area (Å²) in [4.78, 5) is 12.0. The van der Waals surface area contributed by atoms with Crippen LogP contribution in [0.1, 0.15) is 18.4 Å². The molecule has 116 valence electrons. The maximum Gasteiger partial charge on any atom is 0.237 e. The Morgan fingerprint density at radius 3 is 2.43 bits per heavy atom. The van der Waals surface area contributed by atoms with Gasteiger partial charge in [-0.3, -0.25) is 4.79 Å². The zero-order valence-corrected chi connectivity index (χ0v) is 12.7. The molecule has 6 nitrogen and oxygen atoms in total. The Kier molecular flexibility index (Phi) is 5.27. The summed E-state index contributed by atoms with van der Waals surface area (Å²) in [5.41, 5.74) is 0.849. The highest BCUT2D eigenvalue weighted by atomic mass is 16.5. The molecule has 0 aliphatic carbocycles. The molecule has 0 unspecified atom stereocenters. The first-order valence-corrected chi connectivity index (χ1v) is 6.99. The fourth-order valence-electron chi connectivity index (χ4n) is 2.44. The maximum atomic E-state index is 12.0. The van der Waals surface area contributed by atoms with Crippen LogP contribution < -0.4 is 24.8 Å². The number of carbonyl (C=O) groups excluding carboxylic acids is 1. The van der Waals surface area contributed by atoms with Gasteiger partial charge in [0.15, 0.2) is 11.5 Å². The van der Waals surface area contributed by atoms with Crippen molar-refractivity contribution in [2.75, 3.05) is 27.9 Å². The van der Waals surface area contributed by atoms with E-state index in [1.807, 2.05) is 6.07 Å². The Bertz CT molecular complexity index is 499. The van der Waals surface area contributed by atoms with Crippen LogP contribution in [0, 0.1) is 0 Å². The molecular weight excluding hydrogens is 272 g/mol. The SMILES string of the molecule is COc1cc(OC)c(OC)cc1CNC(=O)[C@@H]1CCCN1. The van der Waals surface area contributed by atoms with E-state index in [-0.39, 0.29) is 11.9 Å². The number of rotatable bonds is 6. The summed E-state index contributed by atoms with van der Waals surface area (Å²) >= 11 is 0. The molecule has 2 rings (SSSR count). The normalized spacial score (nSPS) is 17.4. The first-order chi connectivity index (χ1) is 10.2. The molecule has 1 aliphatic heterocycles. The average Bonchev–Trinajstić information content (AvgIpc) is 3.06. The van der Waals surface area contributed by atoms with Gasteiger partial charge in [0.05, 0.1) is 27.4 Å². The molecule has 2 N–H and O–H groups in total. The molecular formula is C15H22N2O4. The van der Waals surface area contributed by atoms with E-state index in [1.54, 1.807) is 27.4 Å². The summed E-state index contributed by atoms with van der Waals surface area (Å²) in [5, 5.41) is 6.10. The molecule has 0 spiro atoms. The predicted octanol–water partition coefficient (Wildman–Crippen LogP) is 1.08. The maximum absolute atomic E-state index is 12.0. The molecule has 1 fully saturated rings. The summed E-state index contributed by atoms with van der Waals surface area (Å²) in [6.07, 6.45) is 1.92. The highest BCUT2D eigenvalue weighted by Gasteiger charge is 2.22. The molecule has 1 aromatic rings. The van der Waals surface area contributed by atoms with Crippen molar-refractivity contribution >= 4 is 5.91 Å². The second-order valence-electron chi connectivity index (χ2n) is 4.89. The van der Waals surface area contributed by atoms with Crippen LogP contribution in [-0.2, 0) is 11.3 Å². The molecule has 0 saturated carbocycles. The Morgan fingerprint density at radius 1 is 1.19 bits per heavy atom. The van der Waals surface area contributed by atoms with Crippen LogP contribution >= 0.6 is 0 Å². The molecule has 1 aliphatic rings. The van der Waals surface area contributed by atoms with Crippen molar-refractivity contribution in [3.8, 4) is 17.2 Å². The fourth-order valence-corrected chi connectivity index (χ4v) is 2.44. The molecule has 1 atom stereocenters. The van der Waals surface area contributed by atoms with Crippen molar-refractivity contribution in [1.82, 2.24) is 10.6 Å². The summed E-state index contributed by atoms with van der Waals surface area (Å²) in [6.45, 7) is 1.29. The van der Waals surface area contributed by atoms with Crippen molar-refractivity contribution in [1.29, 1.82) is 0 Å². The summed E-state index contributed by atoms with van der Waals surface area (Å²) in [5.74, 6) is 1.89. The molecule has 0 bridgehead atoms. The van der Waals surface area contributed by atoms with E-state index in [1.165, 1.54) is 0 Å². The number of amides is 1. The van der Waals surface area contributed by atoms with E-state index >= 15 is 0 Å². The molecule has 0 radical (unpaired) electrons. The van der Waals surface area contributed by atoms with Gasteiger partial charge in [-0.2, -0.15) is 0 Å². The van der Waals surface area contributed by atoms with Crippen LogP contribution in [0.15, 0.2) is 12.1 Å². The summed E-state index contributed by atoms with van der Waals surface area (Å²) in [6, 6.07) is 3.49. The number of benzene rings is 1. The minimum atomic E-state index is -0.0869. The van der Waals surface area contributed by atoms with Crippen LogP contribution in [0.3, 0.4) is 0 Å². The van der Waals surface area contributed by atoms with E-state index in [0.29, 0.717) is 23.8 Å². The minimum Gasteiger partial charge on any atom is -0.496 e. The molecule has 1 amide bonds. The van der Waals surface area contributed by atoms with Crippen LogP contribution in [-0.4, -0.2) is 39.8 Å². The lowest BCUT2D eigenvalue weighted by molar-refractivity contribution is -0.122. The number of hydrogen-bond acceptors (Lipinski definition) is 5. The lowest BCUT2D eigenvalue weighted by atomic mass is 10.1. The van der Waals surface area contributed by atoms with Crippen molar-refractivity contribution in [2.24, 2.45) is 0 Å². The zero-order chi connectivity index (χ0) is 15.2. The molecule has 21 heavy (non-hydrogen) atoms.